The number of hydrogen-bond donors (Lipinski definition) is 0. The van der Waals surface area contributed by atoms with Crippen molar-refractivity contribution in [3.05, 3.63) is 29.1 Å². The third-order valence-electron chi connectivity index (χ3n) is 6.42. The summed E-state index contributed by atoms with van der Waals surface area (Å²) >= 11 is 0. The van der Waals surface area contributed by atoms with E-state index in [1.165, 1.54) is 0 Å². The van der Waals surface area contributed by atoms with Crippen molar-refractivity contribution in [2.75, 3.05) is 139 Å². The molecule has 0 unspecified atom stereocenters. The molecular weight excluding hydrogens is 681 g/mol. The summed E-state index contributed by atoms with van der Waals surface area (Å²) in [5.41, 5.74) is 0. The van der Waals surface area contributed by atoms with E-state index in [9.17, 15) is 26.7 Å². The van der Waals surface area contributed by atoms with E-state index in [2.05, 4.69) is 23.5 Å². The molecule has 12 nitrogen and oxygen atoms in total. The molecule has 0 spiro atoms. The fraction of sp³-hybridized carbons (Fsp3) is 0.788. The summed E-state index contributed by atoms with van der Waals surface area (Å²) < 4.78 is 121. The van der Waals surface area contributed by atoms with Gasteiger partial charge in [-0.25, -0.2) is 13.2 Å². The first-order chi connectivity index (χ1) is 24.3. The molecule has 0 atom stereocenters. The van der Waals surface area contributed by atoms with Gasteiger partial charge in [0.15, 0.2) is 0 Å². The Morgan fingerprint density at radius 2 is 0.700 bits per heavy atom. The molecule has 0 N–H and O–H groups in total. The van der Waals surface area contributed by atoms with Crippen LogP contribution >= 0.6 is 0 Å². The first-order valence-corrected chi connectivity index (χ1v) is 17.0. The maximum Gasteiger partial charge on any atom is 0.313 e. The van der Waals surface area contributed by atoms with Crippen LogP contribution in [0.4, 0.5) is 22.0 Å². The summed E-state index contributed by atoms with van der Waals surface area (Å²) in [4.78, 5) is 13.9. The molecular formula is C33H54F5NO11. The molecule has 1 aromatic carbocycles. The SMILES string of the molecule is CCCOCCOCCOCCN(CCOCCOCCOCCC)CCOCCOCCOCCC(=O)Oc1c(F)c(F)c(F)c(F)c1F. The number of esters is 1. The van der Waals surface area contributed by atoms with Crippen LogP contribution in [0, 0.1) is 29.1 Å². The van der Waals surface area contributed by atoms with Crippen LogP contribution in [-0.2, 0) is 47.4 Å². The van der Waals surface area contributed by atoms with Crippen LogP contribution < -0.4 is 4.74 Å². The zero-order valence-electron chi connectivity index (χ0n) is 29.3. The average Bonchev–Trinajstić information content (AvgIpc) is 3.11. The van der Waals surface area contributed by atoms with Crippen molar-refractivity contribution in [3.8, 4) is 5.75 Å². The van der Waals surface area contributed by atoms with Crippen molar-refractivity contribution in [1.82, 2.24) is 4.90 Å². The molecule has 0 aliphatic heterocycles. The van der Waals surface area contributed by atoms with Gasteiger partial charge in [0.25, 0.3) is 0 Å². The van der Waals surface area contributed by atoms with E-state index in [4.69, 9.17) is 42.6 Å². The quantitative estimate of drug-likeness (QED) is 0.0252. The molecule has 50 heavy (non-hydrogen) atoms. The smallest absolute Gasteiger partial charge is 0.313 e. The second-order valence-corrected chi connectivity index (χ2v) is 10.5. The molecule has 0 aromatic heterocycles. The molecule has 0 radical (unpaired) electrons. The summed E-state index contributed by atoms with van der Waals surface area (Å²) in [7, 11) is 0. The van der Waals surface area contributed by atoms with E-state index in [1.54, 1.807) is 0 Å². The van der Waals surface area contributed by atoms with Crippen LogP contribution in [0.15, 0.2) is 0 Å². The minimum atomic E-state index is -2.35. The lowest BCUT2D eigenvalue weighted by atomic mass is 10.2. The van der Waals surface area contributed by atoms with Crippen LogP contribution in [0.1, 0.15) is 33.1 Å². The molecule has 17 heteroatoms. The summed E-state index contributed by atoms with van der Waals surface area (Å²) in [5, 5.41) is 0. The number of benzene rings is 1. The van der Waals surface area contributed by atoms with Crippen molar-refractivity contribution < 1.29 is 74.1 Å². The predicted octanol–water partition coefficient (Wildman–Crippen LogP) is 3.95. The van der Waals surface area contributed by atoms with Gasteiger partial charge in [0.2, 0.25) is 34.8 Å². The van der Waals surface area contributed by atoms with Crippen LogP contribution in [0.2, 0.25) is 0 Å². The van der Waals surface area contributed by atoms with Gasteiger partial charge < -0.3 is 47.4 Å². The highest BCUT2D eigenvalue weighted by atomic mass is 19.2. The molecule has 0 heterocycles. The highest BCUT2D eigenvalue weighted by Gasteiger charge is 2.28. The number of nitrogens with zero attached hydrogens (tertiary/aromatic N) is 1. The van der Waals surface area contributed by atoms with Crippen LogP contribution in [0.3, 0.4) is 0 Å². The maximum absolute atomic E-state index is 13.6. The molecule has 0 saturated carbocycles. The predicted molar refractivity (Wildman–Crippen MR) is 171 cm³/mol. The molecule has 0 aliphatic carbocycles. The largest absolute Gasteiger partial charge is 0.420 e. The normalized spacial score (nSPS) is 11.6. The number of ether oxygens (including phenoxy) is 10. The summed E-state index contributed by atoms with van der Waals surface area (Å²) in [5.74, 6) is -14.1. The Hall–Kier alpha value is -2.06. The van der Waals surface area contributed by atoms with Gasteiger partial charge in [-0.3, -0.25) is 9.69 Å². The molecule has 0 saturated heterocycles. The van der Waals surface area contributed by atoms with E-state index in [1.807, 2.05) is 0 Å². The fourth-order valence-corrected chi connectivity index (χ4v) is 3.83. The topological polar surface area (TPSA) is 113 Å². The van der Waals surface area contributed by atoms with Crippen LogP contribution in [-0.4, -0.2) is 149 Å². The van der Waals surface area contributed by atoms with Gasteiger partial charge in [-0.1, -0.05) is 13.8 Å². The van der Waals surface area contributed by atoms with Gasteiger partial charge in [0, 0.05) is 32.8 Å². The maximum atomic E-state index is 13.6. The van der Waals surface area contributed by atoms with Gasteiger partial charge in [0.1, 0.15) is 0 Å². The number of halogens is 5. The molecule has 0 bridgehead atoms. The van der Waals surface area contributed by atoms with Crippen molar-refractivity contribution in [1.29, 1.82) is 0 Å². The van der Waals surface area contributed by atoms with Crippen LogP contribution in [0.25, 0.3) is 0 Å². The van der Waals surface area contributed by atoms with Crippen LogP contribution in [0.5, 0.6) is 5.75 Å². The Morgan fingerprint density at radius 1 is 0.420 bits per heavy atom. The van der Waals surface area contributed by atoms with Gasteiger partial charge >= 0.3 is 5.97 Å². The summed E-state index contributed by atoms with van der Waals surface area (Å²) in [6.45, 7) is 13.9. The number of carbonyl (C=O) groups is 1. The Morgan fingerprint density at radius 3 is 1.04 bits per heavy atom. The van der Waals surface area contributed by atoms with Gasteiger partial charge in [-0.15, -0.1) is 0 Å². The highest BCUT2D eigenvalue weighted by molar-refractivity contribution is 5.72. The Balaban J connectivity index is 2.18. The van der Waals surface area contributed by atoms with E-state index >= 15 is 0 Å². The van der Waals surface area contributed by atoms with Crippen molar-refractivity contribution in [2.24, 2.45) is 0 Å². The molecule has 0 fully saturated rings. The monoisotopic (exact) mass is 735 g/mol. The molecule has 1 aromatic rings. The number of hydrogen-bond acceptors (Lipinski definition) is 12. The first-order valence-electron chi connectivity index (χ1n) is 17.0. The summed E-state index contributed by atoms with van der Waals surface area (Å²) in [6.07, 6.45) is 1.47. The van der Waals surface area contributed by atoms with Gasteiger partial charge in [-0.05, 0) is 12.8 Å². The fourth-order valence-electron chi connectivity index (χ4n) is 3.83. The number of carbonyl (C=O) groups excluding carboxylic acids is 1. The molecule has 0 aliphatic rings. The van der Waals surface area contributed by atoms with E-state index in [0.717, 1.165) is 26.1 Å². The minimum Gasteiger partial charge on any atom is -0.420 e. The second kappa shape index (κ2) is 31.7. The zero-order chi connectivity index (χ0) is 36.7. The van der Waals surface area contributed by atoms with Gasteiger partial charge in [-0.2, -0.15) is 8.78 Å². The van der Waals surface area contributed by atoms with E-state index in [0.29, 0.717) is 98.9 Å². The minimum absolute atomic E-state index is 0.0823. The van der Waals surface area contributed by atoms with E-state index in [-0.39, 0.29) is 26.4 Å². The van der Waals surface area contributed by atoms with Crippen molar-refractivity contribution in [3.63, 3.8) is 0 Å². The third kappa shape index (κ3) is 22.7. The van der Waals surface area contributed by atoms with Crippen molar-refractivity contribution >= 4 is 5.97 Å². The Bertz CT molecular complexity index is 947. The molecule has 1 rings (SSSR count). The third-order valence-corrected chi connectivity index (χ3v) is 6.42. The molecule has 0 amide bonds. The lowest BCUT2D eigenvalue weighted by Crippen LogP contribution is -2.34. The molecule has 292 valence electrons. The second-order valence-electron chi connectivity index (χ2n) is 10.5. The van der Waals surface area contributed by atoms with Gasteiger partial charge in [0.05, 0.1) is 112 Å². The Kier molecular flexibility index (Phi) is 29.1. The number of rotatable bonds is 35. The standard InChI is InChI=1S/C33H54F5NO11/c1-3-9-41-15-21-47-24-18-44-12-6-39(7-13-45-19-25-48-22-16-42-10-4-2)8-14-46-20-26-49-23-17-43-11-5-27(40)50-33-31(37)29(35)28(34)30(36)32(33)38/h3-26H2,1-2H3. The highest BCUT2D eigenvalue weighted by Crippen LogP contribution is 2.29. The first kappa shape index (κ1) is 46.0. The lowest BCUT2D eigenvalue weighted by Gasteiger charge is -2.22. The Labute approximate surface area is 291 Å². The van der Waals surface area contributed by atoms with E-state index < -0.39 is 47.2 Å². The zero-order valence-corrected chi connectivity index (χ0v) is 29.3. The summed E-state index contributed by atoms with van der Waals surface area (Å²) in [6, 6.07) is 0. The lowest BCUT2D eigenvalue weighted by molar-refractivity contribution is -0.136. The average molecular weight is 736 g/mol. The van der Waals surface area contributed by atoms with Crippen molar-refractivity contribution in [2.45, 2.75) is 33.1 Å².